The lowest BCUT2D eigenvalue weighted by Crippen LogP contribution is -2.25. The Morgan fingerprint density at radius 1 is 1.26 bits per heavy atom. The standard InChI is InChI=1S/C14H14N4O/c1-3-17-9-8-15-13(14(17)19)18-10(2)16-11-6-4-5-7-12(11)18/h4-9H,3H2,1-2H3. The monoisotopic (exact) mass is 254 g/mol. The predicted molar refractivity (Wildman–Crippen MR) is 73.5 cm³/mol. The van der Waals surface area contributed by atoms with Crippen LogP contribution in [-0.4, -0.2) is 19.1 Å². The van der Waals surface area contributed by atoms with Crippen molar-refractivity contribution >= 4 is 11.0 Å². The first kappa shape index (κ1) is 11.6. The number of aryl methyl sites for hydroxylation is 2. The molecular weight excluding hydrogens is 240 g/mol. The van der Waals surface area contributed by atoms with Crippen LogP contribution in [0.4, 0.5) is 0 Å². The van der Waals surface area contributed by atoms with E-state index >= 15 is 0 Å². The lowest BCUT2D eigenvalue weighted by molar-refractivity contribution is 0.705. The number of fused-ring (bicyclic) bond motifs is 1. The van der Waals surface area contributed by atoms with Gasteiger partial charge in [0.05, 0.1) is 11.0 Å². The first-order chi connectivity index (χ1) is 9.22. The summed E-state index contributed by atoms with van der Waals surface area (Å²) in [6.07, 6.45) is 3.34. The highest BCUT2D eigenvalue weighted by molar-refractivity contribution is 5.77. The molecule has 0 aliphatic rings. The van der Waals surface area contributed by atoms with Crippen LogP contribution in [0.5, 0.6) is 0 Å². The largest absolute Gasteiger partial charge is 0.311 e. The molecule has 0 aliphatic carbocycles. The van der Waals surface area contributed by atoms with Gasteiger partial charge in [0.1, 0.15) is 5.82 Å². The Balaban J connectivity index is 2.37. The van der Waals surface area contributed by atoms with Crippen LogP contribution in [0.1, 0.15) is 12.7 Å². The molecular formula is C14H14N4O. The molecule has 0 bridgehead atoms. The third-order valence-corrected chi connectivity index (χ3v) is 3.18. The lowest BCUT2D eigenvalue weighted by atomic mass is 10.3. The third-order valence-electron chi connectivity index (χ3n) is 3.18. The molecule has 0 atom stereocenters. The number of hydrogen-bond acceptors (Lipinski definition) is 3. The second-order valence-electron chi connectivity index (χ2n) is 4.33. The van der Waals surface area contributed by atoms with Crippen LogP contribution in [0, 0.1) is 6.92 Å². The van der Waals surface area contributed by atoms with Crippen LogP contribution in [0.25, 0.3) is 16.9 Å². The molecule has 3 aromatic rings. The van der Waals surface area contributed by atoms with Crippen molar-refractivity contribution < 1.29 is 0 Å². The van der Waals surface area contributed by atoms with Gasteiger partial charge in [-0.25, -0.2) is 9.97 Å². The van der Waals surface area contributed by atoms with Crippen molar-refractivity contribution in [2.24, 2.45) is 0 Å². The SMILES string of the molecule is CCn1ccnc(-n2c(C)nc3ccccc32)c1=O. The van der Waals surface area contributed by atoms with E-state index < -0.39 is 0 Å². The molecule has 19 heavy (non-hydrogen) atoms. The van der Waals surface area contributed by atoms with Crippen molar-refractivity contribution in [1.29, 1.82) is 0 Å². The molecule has 0 aliphatic heterocycles. The van der Waals surface area contributed by atoms with E-state index in [0.717, 1.165) is 16.9 Å². The van der Waals surface area contributed by atoms with Crippen molar-refractivity contribution in [3.05, 3.63) is 52.8 Å². The summed E-state index contributed by atoms with van der Waals surface area (Å²) in [4.78, 5) is 21.0. The Bertz CT molecular complexity index is 801. The average molecular weight is 254 g/mol. The van der Waals surface area contributed by atoms with Crippen LogP contribution in [0.15, 0.2) is 41.5 Å². The molecule has 0 unspecified atom stereocenters. The molecule has 5 heteroatoms. The fourth-order valence-electron chi connectivity index (χ4n) is 2.25. The normalized spacial score (nSPS) is 11.1. The summed E-state index contributed by atoms with van der Waals surface area (Å²) in [5.74, 6) is 1.16. The van der Waals surface area contributed by atoms with Gasteiger partial charge in [0.2, 0.25) is 5.82 Å². The molecule has 1 aromatic carbocycles. The number of aromatic nitrogens is 4. The summed E-state index contributed by atoms with van der Waals surface area (Å²) in [6.45, 7) is 4.44. The van der Waals surface area contributed by atoms with E-state index in [2.05, 4.69) is 9.97 Å². The van der Waals surface area contributed by atoms with Gasteiger partial charge in [-0.2, -0.15) is 0 Å². The fraction of sp³-hybridized carbons (Fsp3) is 0.214. The molecule has 0 saturated heterocycles. The summed E-state index contributed by atoms with van der Waals surface area (Å²) in [5.41, 5.74) is 1.67. The Hall–Kier alpha value is -2.43. The number of rotatable bonds is 2. The molecule has 0 spiro atoms. The molecule has 96 valence electrons. The number of imidazole rings is 1. The first-order valence-electron chi connectivity index (χ1n) is 6.22. The van der Waals surface area contributed by atoms with Crippen LogP contribution in [-0.2, 0) is 6.54 Å². The maximum Gasteiger partial charge on any atom is 0.294 e. The third kappa shape index (κ3) is 1.74. The van der Waals surface area contributed by atoms with Gasteiger partial charge in [-0.1, -0.05) is 12.1 Å². The summed E-state index contributed by atoms with van der Waals surface area (Å²) in [5, 5.41) is 0. The van der Waals surface area contributed by atoms with Crippen molar-refractivity contribution in [1.82, 2.24) is 19.1 Å². The number of hydrogen-bond donors (Lipinski definition) is 0. The topological polar surface area (TPSA) is 52.7 Å². The van der Waals surface area contributed by atoms with Gasteiger partial charge in [-0.15, -0.1) is 0 Å². The highest BCUT2D eigenvalue weighted by Gasteiger charge is 2.13. The molecule has 0 N–H and O–H groups in total. The van der Waals surface area contributed by atoms with Crippen LogP contribution in [0.2, 0.25) is 0 Å². The molecule has 0 amide bonds. The zero-order valence-corrected chi connectivity index (χ0v) is 10.9. The van der Waals surface area contributed by atoms with E-state index in [1.54, 1.807) is 17.0 Å². The molecule has 0 saturated carbocycles. The van der Waals surface area contributed by atoms with Gasteiger partial charge in [0.25, 0.3) is 5.56 Å². The zero-order chi connectivity index (χ0) is 13.4. The van der Waals surface area contributed by atoms with E-state index in [9.17, 15) is 4.79 Å². The molecule has 3 rings (SSSR count). The minimum absolute atomic E-state index is 0.101. The van der Waals surface area contributed by atoms with E-state index in [4.69, 9.17) is 0 Å². The predicted octanol–water partition coefficient (Wildman–Crippen LogP) is 1.91. The minimum Gasteiger partial charge on any atom is -0.311 e. The van der Waals surface area contributed by atoms with E-state index in [-0.39, 0.29) is 5.56 Å². The molecule has 0 radical (unpaired) electrons. The van der Waals surface area contributed by atoms with Crippen molar-refractivity contribution in [3.63, 3.8) is 0 Å². The van der Waals surface area contributed by atoms with E-state index in [1.807, 2.05) is 42.7 Å². The highest BCUT2D eigenvalue weighted by atomic mass is 16.1. The average Bonchev–Trinajstić information content (AvgIpc) is 2.75. The molecule has 2 heterocycles. The second-order valence-corrected chi connectivity index (χ2v) is 4.33. The Morgan fingerprint density at radius 2 is 2.05 bits per heavy atom. The number of para-hydroxylation sites is 2. The number of nitrogens with zero attached hydrogens (tertiary/aromatic N) is 4. The van der Waals surface area contributed by atoms with E-state index in [0.29, 0.717) is 12.4 Å². The zero-order valence-electron chi connectivity index (χ0n) is 10.9. The first-order valence-corrected chi connectivity index (χ1v) is 6.22. The summed E-state index contributed by atoms with van der Waals surface area (Å²) >= 11 is 0. The lowest BCUT2D eigenvalue weighted by Gasteiger charge is -2.07. The van der Waals surface area contributed by atoms with Gasteiger partial charge >= 0.3 is 0 Å². The summed E-state index contributed by atoms with van der Waals surface area (Å²) < 4.78 is 3.44. The van der Waals surface area contributed by atoms with Gasteiger partial charge in [-0.05, 0) is 26.0 Å². The number of benzene rings is 1. The van der Waals surface area contributed by atoms with Crippen molar-refractivity contribution in [2.45, 2.75) is 20.4 Å². The molecule has 5 nitrogen and oxygen atoms in total. The maximum atomic E-state index is 12.3. The summed E-state index contributed by atoms with van der Waals surface area (Å²) in [6, 6.07) is 7.74. The highest BCUT2D eigenvalue weighted by Crippen LogP contribution is 2.17. The van der Waals surface area contributed by atoms with Gasteiger partial charge < -0.3 is 4.57 Å². The van der Waals surface area contributed by atoms with E-state index in [1.165, 1.54) is 0 Å². The molecule has 0 fully saturated rings. The van der Waals surface area contributed by atoms with Gasteiger partial charge in [-0.3, -0.25) is 9.36 Å². The van der Waals surface area contributed by atoms with Crippen LogP contribution in [0.3, 0.4) is 0 Å². The minimum atomic E-state index is -0.101. The molecule has 2 aromatic heterocycles. The van der Waals surface area contributed by atoms with Crippen molar-refractivity contribution in [3.8, 4) is 5.82 Å². The Labute approximate surface area is 110 Å². The van der Waals surface area contributed by atoms with Gasteiger partial charge in [0, 0.05) is 18.9 Å². The quantitative estimate of drug-likeness (QED) is 0.702. The van der Waals surface area contributed by atoms with Crippen molar-refractivity contribution in [2.75, 3.05) is 0 Å². The maximum absolute atomic E-state index is 12.3. The fourth-order valence-corrected chi connectivity index (χ4v) is 2.25. The van der Waals surface area contributed by atoms with Gasteiger partial charge in [0.15, 0.2) is 0 Å². The smallest absolute Gasteiger partial charge is 0.294 e. The van der Waals surface area contributed by atoms with Crippen LogP contribution < -0.4 is 5.56 Å². The second kappa shape index (κ2) is 4.35. The Morgan fingerprint density at radius 3 is 2.84 bits per heavy atom. The van der Waals surface area contributed by atoms with Crippen LogP contribution >= 0.6 is 0 Å². The summed E-state index contributed by atoms with van der Waals surface area (Å²) in [7, 11) is 0. The Kier molecular flexibility index (Phi) is 2.67.